The molecule has 0 radical (unpaired) electrons. The summed E-state index contributed by atoms with van der Waals surface area (Å²) < 4.78 is 0. The highest BCUT2D eigenvalue weighted by atomic mass is 16.3. The van der Waals surface area contributed by atoms with Crippen LogP contribution in [0.3, 0.4) is 0 Å². The van der Waals surface area contributed by atoms with E-state index in [1.54, 1.807) is 20.9 Å². The molecule has 0 aromatic carbocycles. The molecule has 0 saturated heterocycles. The van der Waals surface area contributed by atoms with Crippen molar-refractivity contribution in [2.75, 3.05) is 13.6 Å². The molecule has 0 unspecified atom stereocenters. The Labute approximate surface area is 73.2 Å². The lowest BCUT2D eigenvalue weighted by Crippen LogP contribution is -2.42. The van der Waals surface area contributed by atoms with E-state index in [0.717, 1.165) is 0 Å². The molecule has 0 bridgehead atoms. The van der Waals surface area contributed by atoms with Crippen LogP contribution in [0, 0.1) is 5.92 Å². The van der Waals surface area contributed by atoms with Crippen LogP contribution in [-0.2, 0) is 0 Å². The maximum atomic E-state index is 9.44. The normalized spacial score (nSPS) is 21.5. The molecule has 0 saturated carbocycles. The zero-order valence-electron chi connectivity index (χ0n) is 7.86. The molecular weight excluding hydrogens is 158 g/mol. The molecule has 0 amide bonds. The fraction of sp³-hybridized carbons (Fsp3) is 1.00. The summed E-state index contributed by atoms with van der Waals surface area (Å²) in [6, 6.07) is 0. The average Bonchev–Trinajstić information content (AvgIpc) is 2.02. The van der Waals surface area contributed by atoms with Gasteiger partial charge in [-0.25, -0.2) is 0 Å². The highest BCUT2D eigenvalue weighted by molar-refractivity contribution is 4.77. The van der Waals surface area contributed by atoms with Gasteiger partial charge in [0, 0.05) is 12.5 Å². The molecule has 74 valence electrons. The molecule has 0 fully saturated rings. The van der Waals surface area contributed by atoms with Crippen molar-refractivity contribution in [3.05, 3.63) is 0 Å². The predicted octanol–water partition coefficient (Wildman–Crippen LogP) is -1.06. The minimum atomic E-state index is -0.877. The number of aliphatic hydroxyl groups excluding tert-OH is 3. The zero-order chi connectivity index (χ0) is 9.72. The lowest BCUT2D eigenvalue weighted by molar-refractivity contribution is -0.0450. The summed E-state index contributed by atoms with van der Waals surface area (Å²) in [5.41, 5.74) is 0. The Morgan fingerprint density at radius 2 is 1.67 bits per heavy atom. The zero-order valence-corrected chi connectivity index (χ0v) is 7.86. The Bertz CT molecular complexity index is 119. The standard InChI is InChI=1S/C8H19NO3/c1-5(6(2)10)8(12)7(11)4-9-3/h5-12H,4H2,1-3H3/t5-,6-,7+,8-/m0/s1. The number of rotatable bonds is 5. The second-order valence-corrected chi connectivity index (χ2v) is 3.22. The summed E-state index contributed by atoms with van der Waals surface area (Å²) in [4.78, 5) is 0. The van der Waals surface area contributed by atoms with Crippen molar-refractivity contribution < 1.29 is 15.3 Å². The molecule has 0 aliphatic heterocycles. The van der Waals surface area contributed by atoms with Gasteiger partial charge in [0.25, 0.3) is 0 Å². The Morgan fingerprint density at radius 1 is 1.17 bits per heavy atom. The Morgan fingerprint density at radius 3 is 2.00 bits per heavy atom. The summed E-state index contributed by atoms with van der Waals surface area (Å²) in [6.45, 7) is 3.63. The quantitative estimate of drug-likeness (QED) is 0.432. The van der Waals surface area contributed by atoms with Gasteiger partial charge in [0.15, 0.2) is 0 Å². The molecule has 4 nitrogen and oxygen atoms in total. The molecule has 0 aromatic heterocycles. The van der Waals surface area contributed by atoms with E-state index in [1.165, 1.54) is 0 Å². The molecule has 4 heteroatoms. The van der Waals surface area contributed by atoms with Gasteiger partial charge in [-0.15, -0.1) is 0 Å². The van der Waals surface area contributed by atoms with Gasteiger partial charge in [0.2, 0.25) is 0 Å². The fourth-order valence-corrected chi connectivity index (χ4v) is 0.966. The predicted molar refractivity (Wildman–Crippen MR) is 46.8 cm³/mol. The Hall–Kier alpha value is -0.160. The maximum Gasteiger partial charge on any atom is 0.0926 e. The molecule has 0 aromatic rings. The summed E-state index contributed by atoms with van der Waals surface area (Å²) in [7, 11) is 1.70. The molecule has 0 aliphatic rings. The van der Waals surface area contributed by atoms with Gasteiger partial charge in [-0.05, 0) is 14.0 Å². The molecular formula is C8H19NO3. The van der Waals surface area contributed by atoms with Crippen LogP contribution in [0.2, 0.25) is 0 Å². The number of aliphatic hydroxyl groups is 3. The second kappa shape index (κ2) is 5.48. The first-order valence-corrected chi connectivity index (χ1v) is 4.19. The van der Waals surface area contributed by atoms with E-state index in [4.69, 9.17) is 5.11 Å². The lowest BCUT2D eigenvalue weighted by atomic mass is 9.95. The minimum Gasteiger partial charge on any atom is -0.393 e. The van der Waals surface area contributed by atoms with Crippen LogP contribution in [-0.4, -0.2) is 47.2 Å². The smallest absolute Gasteiger partial charge is 0.0926 e. The van der Waals surface area contributed by atoms with Crippen molar-refractivity contribution in [3.63, 3.8) is 0 Å². The maximum absolute atomic E-state index is 9.44. The lowest BCUT2D eigenvalue weighted by Gasteiger charge is -2.25. The van der Waals surface area contributed by atoms with Crippen LogP contribution in [0.5, 0.6) is 0 Å². The molecule has 0 rings (SSSR count). The number of hydrogen-bond donors (Lipinski definition) is 4. The molecule has 0 aliphatic carbocycles. The summed E-state index contributed by atoms with van der Waals surface area (Å²) in [5.74, 6) is -0.312. The van der Waals surface area contributed by atoms with E-state index in [1.807, 2.05) is 0 Å². The largest absolute Gasteiger partial charge is 0.393 e. The van der Waals surface area contributed by atoms with Gasteiger partial charge >= 0.3 is 0 Å². The van der Waals surface area contributed by atoms with E-state index in [9.17, 15) is 10.2 Å². The monoisotopic (exact) mass is 177 g/mol. The SMILES string of the molecule is CNC[C@@H](O)[C@@H](O)[C@@H](C)[C@H](C)O. The van der Waals surface area contributed by atoms with Gasteiger partial charge in [0.05, 0.1) is 18.3 Å². The van der Waals surface area contributed by atoms with Gasteiger partial charge in [-0.1, -0.05) is 6.92 Å². The summed E-state index contributed by atoms with van der Waals surface area (Å²) in [5, 5.41) is 30.6. The van der Waals surface area contributed by atoms with Gasteiger partial charge < -0.3 is 20.6 Å². The Kier molecular flexibility index (Phi) is 5.41. The molecule has 0 spiro atoms. The summed E-state index contributed by atoms with van der Waals surface area (Å²) in [6.07, 6.45) is -2.30. The van der Waals surface area contributed by atoms with Crippen LogP contribution in [0.15, 0.2) is 0 Å². The van der Waals surface area contributed by atoms with Crippen molar-refractivity contribution in [1.82, 2.24) is 5.32 Å². The van der Waals surface area contributed by atoms with E-state index in [0.29, 0.717) is 6.54 Å². The van der Waals surface area contributed by atoms with Crippen molar-refractivity contribution in [3.8, 4) is 0 Å². The first-order valence-electron chi connectivity index (χ1n) is 4.19. The van der Waals surface area contributed by atoms with Crippen LogP contribution < -0.4 is 5.32 Å². The number of likely N-dealkylation sites (N-methyl/N-ethyl adjacent to an activating group) is 1. The molecule has 0 heterocycles. The van der Waals surface area contributed by atoms with Gasteiger partial charge in [0.1, 0.15) is 0 Å². The van der Waals surface area contributed by atoms with Crippen molar-refractivity contribution in [1.29, 1.82) is 0 Å². The first-order chi connectivity index (χ1) is 5.50. The van der Waals surface area contributed by atoms with Crippen molar-refractivity contribution >= 4 is 0 Å². The number of hydrogen-bond acceptors (Lipinski definition) is 4. The third-order valence-electron chi connectivity index (χ3n) is 2.11. The minimum absolute atomic E-state index is 0.312. The van der Waals surface area contributed by atoms with Crippen LogP contribution in [0.1, 0.15) is 13.8 Å². The summed E-state index contributed by atoms with van der Waals surface area (Å²) >= 11 is 0. The molecule has 12 heavy (non-hydrogen) atoms. The third-order valence-corrected chi connectivity index (χ3v) is 2.11. The highest BCUT2D eigenvalue weighted by Crippen LogP contribution is 2.11. The average molecular weight is 177 g/mol. The van der Waals surface area contributed by atoms with Crippen molar-refractivity contribution in [2.24, 2.45) is 5.92 Å². The van der Waals surface area contributed by atoms with E-state index >= 15 is 0 Å². The van der Waals surface area contributed by atoms with Gasteiger partial charge in [-0.2, -0.15) is 0 Å². The highest BCUT2D eigenvalue weighted by Gasteiger charge is 2.25. The Balaban J connectivity index is 3.90. The topological polar surface area (TPSA) is 72.7 Å². The van der Waals surface area contributed by atoms with Gasteiger partial charge in [-0.3, -0.25) is 0 Å². The van der Waals surface area contributed by atoms with Crippen LogP contribution in [0.25, 0.3) is 0 Å². The molecule has 4 atom stereocenters. The second-order valence-electron chi connectivity index (χ2n) is 3.22. The fourth-order valence-electron chi connectivity index (χ4n) is 0.966. The van der Waals surface area contributed by atoms with E-state index < -0.39 is 18.3 Å². The third kappa shape index (κ3) is 3.49. The van der Waals surface area contributed by atoms with Crippen LogP contribution in [0.4, 0.5) is 0 Å². The van der Waals surface area contributed by atoms with E-state index in [2.05, 4.69) is 5.32 Å². The van der Waals surface area contributed by atoms with Crippen LogP contribution >= 0.6 is 0 Å². The van der Waals surface area contributed by atoms with E-state index in [-0.39, 0.29) is 5.92 Å². The number of nitrogens with one attached hydrogen (secondary N) is 1. The van der Waals surface area contributed by atoms with Crippen molar-refractivity contribution in [2.45, 2.75) is 32.2 Å². The molecule has 4 N–H and O–H groups in total. The first kappa shape index (κ1) is 11.8.